The number of amides is 1. The Balaban J connectivity index is 2.16. The topological polar surface area (TPSA) is 115 Å². The Kier molecular flexibility index (Phi) is 5.45. The summed E-state index contributed by atoms with van der Waals surface area (Å²) in [5, 5.41) is 24.2. The van der Waals surface area contributed by atoms with Crippen LogP contribution in [0.25, 0.3) is 6.08 Å². The number of non-ortho nitro benzene ring substituents is 1. The third-order valence-corrected chi connectivity index (χ3v) is 3.60. The molecule has 0 saturated heterocycles. The number of aryl methyl sites for hydroxylation is 1. The summed E-state index contributed by atoms with van der Waals surface area (Å²) in [5.41, 5.74) is 0.986. The van der Waals surface area contributed by atoms with Crippen molar-refractivity contribution in [3.8, 4) is 0 Å². The van der Waals surface area contributed by atoms with E-state index >= 15 is 0 Å². The molecule has 0 unspecified atom stereocenters. The number of anilines is 1. The molecule has 25 heavy (non-hydrogen) atoms. The molecule has 0 heterocycles. The first kappa shape index (κ1) is 18.1. The number of nitro benzene ring substituents is 2. The van der Waals surface area contributed by atoms with E-state index in [-0.39, 0.29) is 16.4 Å². The Morgan fingerprint density at radius 3 is 2.48 bits per heavy atom. The fraction of sp³-hybridized carbons (Fsp3) is 0.0625. The van der Waals surface area contributed by atoms with Crippen molar-refractivity contribution < 1.29 is 14.6 Å². The molecule has 0 aliphatic rings. The molecule has 128 valence electrons. The highest BCUT2D eigenvalue weighted by molar-refractivity contribution is 6.32. The maximum Gasteiger partial charge on any atom is 0.288 e. The second-order valence-corrected chi connectivity index (χ2v) is 5.45. The number of benzene rings is 2. The van der Waals surface area contributed by atoms with Crippen molar-refractivity contribution in [3.05, 3.63) is 78.9 Å². The van der Waals surface area contributed by atoms with Gasteiger partial charge in [0, 0.05) is 24.3 Å². The third kappa shape index (κ3) is 4.61. The molecule has 0 atom stereocenters. The van der Waals surface area contributed by atoms with Crippen LogP contribution in [0, 0.1) is 27.2 Å². The predicted molar refractivity (Wildman–Crippen MR) is 93.6 cm³/mol. The largest absolute Gasteiger partial charge is 0.322 e. The van der Waals surface area contributed by atoms with Gasteiger partial charge < -0.3 is 5.32 Å². The molecule has 2 rings (SSSR count). The molecule has 0 aliphatic heterocycles. The van der Waals surface area contributed by atoms with Crippen LogP contribution >= 0.6 is 11.6 Å². The van der Waals surface area contributed by atoms with Gasteiger partial charge in [0.1, 0.15) is 5.02 Å². The van der Waals surface area contributed by atoms with E-state index in [1.807, 2.05) is 0 Å². The van der Waals surface area contributed by atoms with Crippen LogP contribution in [0.3, 0.4) is 0 Å². The summed E-state index contributed by atoms with van der Waals surface area (Å²) < 4.78 is 0. The predicted octanol–water partition coefficient (Wildman–Crippen LogP) is 4.12. The summed E-state index contributed by atoms with van der Waals surface area (Å²) in [4.78, 5) is 32.4. The van der Waals surface area contributed by atoms with E-state index in [9.17, 15) is 25.0 Å². The third-order valence-electron chi connectivity index (χ3n) is 3.28. The minimum atomic E-state index is -0.619. The maximum atomic E-state index is 12.0. The van der Waals surface area contributed by atoms with Crippen molar-refractivity contribution in [2.24, 2.45) is 0 Å². The lowest BCUT2D eigenvalue weighted by molar-refractivity contribution is -0.384. The van der Waals surface area contributed by atoms with Gasteiger partial charge in [-0.1, -0.05) is 23.7 Å². The number of hydrogen-bond donors (Lipinski definition) is 1. The van der Waals surface area contributed by atoms with E-state index in [1.165, 1.54) is 48.6 Å². The molecular weight excluding hydrogens is 350 g/mol. The second kappa shape index (κ2) is 7.54. The lowest BCUT2D eigenvalue weighted by Crippen LogP contribution is -2.09. The SMILES string of the molecule is Cc1ccc([N+](=O)[O-])cc1NC(=O)/C=C/c1ccc(Cl)c([N+](=O)[O-])c1. The first-order valence-corrected chi connectivity index (χ1v) is 7.34. The van der Waals surface area contributed by atoms with Crippen LogP contribution in [0.2, 0.25) is 5.02 Å². The van der Waals surface area contributed by atoms with Gasteiger partial charge in [-0.05, 0) is 30.2 Å². The summed E-state index contributed by atoms with van der Waals surface area (Å²) in [5.74, 6) is -0.527. The van der Waals surface area contributed by atoms with Crippen molar-refractivity contribution in [1.29, 1.82) is 0 Å². The van der Waals surface area contributed by atoms with Gasteiger partial charge in [0.05, 0.1) is 15.5 Å². The zero-order valence-corrected chi connectivity index (χ0v) is 13.7. The van der Waals surface area contributed by atoms with E-state index < -0.39 is 15.8 Å². The first-order chi connectivity index (χ1) is 11.8. The number of halogens is 1. The Morgan fingerprint density at radius 1 is 1.12 bits per heavy atom. The number of nitrogens with zero attached hydrogens (tertiary/aromatic N) is 2. The Morgan fingerprint density at radius 2 is 1.84 bits per heavy atom. The minimum Gasteiger partial charge on any atom is -0.322 e. The molecule has 0 spiro atoms. The minimum absolute atomic E-state index is 0.00109. The maximum absolute atomic E-state index is 12.0. The van der Waals surface area contributed by atoms with Crippen LogP contribution in [-0.4, -0.2) is 15.8 Å². The van der Waals surface area contributed by atoms with Crippen molar-refractivity contribution in [2.45, 2.75) is 6.92 Å². The number of nitrogens with one attached hydrogen (secondary N) is 1. The number of rotatable bonds is 5. The van der Waals surface area contributed by atoms with Gasteiger partial charge >= 0.3 is 0 Å². The molecule has 0 saturated carbocycles. The quantitative estimate of drug-likeness (QED) is 0.488. The van der Waals surface area contributed by atoms with Gasteiger partial charge in [-0.15, -0.1) is 0 Å². The van der Waals surface area contributed by atoms with Gasteiger partial charge in [0.15, 0.2) is 0 Å². The van der Waals surface area contributed by atoms with Crippen LogP contribution in [-0.2, 0) is 4.79 Å². The molecule has 2 aromatic rings. The first-order valence-electron chi connectivity index (χ1n) is 6.96. The fourth-order valence-corrected chi connectivity index (χ4v) is 2.16. The van der Waals surface area contributed by atoms with Gasteiger partial charge in [-0.3, -0.25) is 25.0 Å². The fourth-order valence-electron chi connectivity index (χ4n) is 1.98. The highest BCUT2D eigenvalue weighted by Crippen LogP contribution is 2.26. The van der Waals surface area contributed by atoms with E-state index in [4.69, 9.17) is 11.6 Å². The molecule has 0 aliphatic carbocycles. The summed E-state index contributed by atoms with van der Waals surface area (Å²) in [6, 6.07) is 8.26. The molecule has 8 nitrogen and oxygen atoms in total. The van der Waals surface area contributed by atoms with Crippen LogP contribution in [0.4, 0.5) is 17.1 Å². The molecule has 9 heteroatoms. The van der Waals surface area contributed by atoms with Gasteiger partial charge in [-0.2, -0.15) is 0 Å². The van der Waals surface area contributed by atoms with Crippen molar-refractivity contribution >= 4 is 40.6 Å². The van der Waals surface area contributed by atoms with Crippen LogP contribution in [0.5, 0.6) is 0 Å². The molecule has 0 aromatic heterocycles. The molecular formula is C16H12ClN3O5. The van der Waals surface area contributed by atoms with E-state index in [2.05, 4.69) is 5.32 Å². The van der Waals surface area contributed by atoms with Crippen molar-refractivity contribution in [3.63, 3.8) is 0 Å². The monoisotopic (exact) mass is 361 g/mol. The summed E-state index contributed by atoms with van der Waals surface area (Å²) in [6.07, 6.45) is 2.55. The van der Waals surface area contributed by atoms with E-state index in [1.54, 1.807) is 6.92 Å². The zero-order valence-electron chi connectivity index (χ0n) is 12.9. The van der Waals surface area contributed by atoms with E-state index in [0.29, 0.717) is 16.8 Å². The van der Waals surface area contributed by atoms with Crippen LogP contribution < -0.4 is 5.32 Å². The number of carbonyl (C=O) groups excluding carboxylic acids is 1. The number of carbonyl (C=O) groups is 1. The Hall–Kier alpha value is -3.26. The second-order valence-electron chi connectivity index (χ2n) is 5.05. The molecule has 0 radical (unpaired) electrons. The molecule has 0 bridgehead atoms. The molecule has 2 aromatic carbocycles. The summed E-state index contributed by atoms with van der Waals surface area (Å²) in [7, 11) is 0. The summed E-state index contributed by atoms with van der Waals surface area (Å²) >= 11 is 5.72. The molecule has 0 fully saturated rings. The number of hydrogen-bond acceptors (Lipinski definition) is 5. The molecule has 1 N–H and O–H groups in total. The number of nitro groups is 2. The standard InChI is InChI=1S/C16H12ClN3O5/c1-10-2-5-12(19(22)23)9-14(10)18-16(21)7-4-11-3-6-13(17)15(8-11)20(24)25/h2-9H,1H3,(H,18,21)/b7-4+. The Labute approximate surface area is 147 Å². The smallest absolute Gasteiger partial charge is 0.288 e. The van der Waals surface area contributed by atoms with Crippen molar-refractivity contribution in [2.75, 3.05) is 5.32 Å². The lowest BCUT2D eigenvalue weighted by Gasteiger charge is -2.06. The lowest BCUT2D eigenvalue weighted by atomic mass is 10.1. The highest BCUT2D eigenvalue weighted by Gasteiger charge is 2.12. The van der Waals surface area contributed by atoms with Gasteiger partial charge in [0.2, 0.25) is 5.91 Å². The van der Waals surface area contributed by atoms with E-state index in [0.717, 1.165) is 0 Å². The van der Waals surface area contributed by atoms with Crippen LogP contribution in [0.15, 0.2) is 42.5 Å². The average molecular weight is 362 g/mol. The van der Waals surface area contributed by atoms with Crippen LogP contribution in [0.1, 0.15) is 11.1 Å². The molecule has 1 amide bonds. The van der Waals surface area contributed by atoms with Gasteiger partial charge in [0.25, 0.3) is 11.4 Å². The normalized spacial score (nSPS) is 10.6. The van der Waals surface area contributed by atoms with Crippen molar-refractivity contribution in [1.82, 2.24) is 0 Å². The summed E-state index contributed by atoms with van der Waals surface area (Å²) in [6.45, 7) is 1.70. The zero-order chi connectivity index (χ0) is 18.6. The van der Waals surface area contributed by atoms with Gasteiger partial charge in [-0.25, -0.2) is 0 Å². The Bertz CT molecular complexity index is 895. The average Bonchev–Trinajstić information content (AvgIpc) is 2.55. The highest BCUT2D eigenvalue weighted by atomic mass is 35.5.